The van der Waals surface area contributed by atoms with Gasteiger partial charge in [-0.1, -0.05) is 27.7 Å². The maximum absolute atomic E-state index is 11.5. The monoisotopic (exact) mass is 384 g/mol. The smallest absolute Gasteiger partial charge is 0.336 e. The molecule has 152 valence electrons. The van der Waals surface area contributed by atoms with Crippen LogP contribution in [0, 0.1) is 28.6 Å². The minimum Gasteiger partial charge on any atom is -0.493 e. The molecule has 0 spiro atoms. The first-order valence-corrected chi connectivity index (χ1v) is 10.6. The number of aliphatic hydroxyl groups is 1. The van der Waals surface area contributed by atoms with Crippen LogP contribution in [-0.4, -0.2) is 17.8 Å². The summed E-state index contributed by atoms with van der Waals surface area (Å²) in [6.07, 6.45) is 4.08. The van der Waals surface area contributed by atoms with Gasteiger partial charge in [0.05, 0.1) is 12.7 Å². The Balaban J connectivity index is 1.59. The van der Waals surface area contributed by atoms with Crippen LogP contribution in [0.4, 0.5) is 0 Å². The van der Waals surface area contributed by atoms with Crippen molar-refractivity contribution >= 4 is 11.0 Å². The Labute approximate surface area is 166 Å². The Morgan fingerprint density at radius 3 is 2.68 bits per heavy atom. The normalized spacial score (nSPS) is 38.2. The van der Waals surface area contributed by atoms with Crippen LogP contribution in [0.5, 0.6) is 5.75 Å². The third kappa shape index (κ3) is 3.06. The summed E-state index contributed by atoms with van der Waals surface area (Å²) in [4.78, 5) is 11.5. The van der Waals surface area contributed by atoms with Crippen molar-refractivity contribution in [3.8, 4) is 5.75 Å². The molecule has 1 N–H and O–H groups in total. The summed E-state index contributed by atoms with van der Waals surface area (Å²) in [5, 5.41) is 11.4. The zero-order chi connectivity index (χ0) is 20.1. The molecule has 2 fully saturated rings. The maximum atomic E-state index is 11.5. The zero-order valence-electron chi connectivity index (χ0n) is 17.4. The molecule has 1 heterocycles. The van der Waals surface area contributed by atoms with E-state index in [-0.39, 0.29) is 22.6 Å². The van der Waals surface area contributed by atoms with Gasteiger partial charge in [-0.15, -0.1) is 0 Å². The van der Waals surface area contributed by atoms with E-state index in [2.05, 4.69) is 27.7 Å². The van der Waals surface area contributed by atoms with Crippen LogP contribution in [0.3, 0.4) is 0 Å². The van der Waals surface area contributed by atoms with Crippen molar-refractivity contribution in [3.63, 3.8) is 0 Å². The maximum Gasteiger partial charge on any atom is 0.336 e. The van der Waals surface area contributed by atoms with E-state index in [9.17, 15) is 9.90 Å². The van der Waals surface area contributed by atoms with E-state index >= 15 is 0 Å². The van der Waals surface area contributed by atoms with E-state index in [4.69, 9.17) is 9.15 Å². The molecule has 2 aliphatic carbocycles. The fourth-order valence-electron chi connectivity index (χ4n) is 5.97. The first-order chi connectivity index (χ1) is 13.2. The van der Waals surface area contributed by atoms with Crippen LogP contribution in [-0.2, 0) is 0 Å². The van der Waals surface area contributed by atoms with E-state index in [1.54, 1.807) is 6.07 Å². The van der Waals surface area contributed by atoms with Crippen molar-refractivity contribution in [1.82, 2.24) is 0 Å². The molecular weight excluding hydrogens is 352 g/mol. The zero-order valence-corrected chi connectivity index (χ0v) is 17.4. The number of benzene rings is 1. The van der Waals surface area contributed by atoms with Crippen molar-refractivity contribution in [1.29, 1.82) is 0 Å². The van der Waals surface area contributed by atoms with Crippen molar-refractivity contribution < 1.29 is 14.3 Å². The highest BCUT2D eigenvalue weighted by atomic mass is 16.5. The average Bonchev–Trinajstić information content (AvgIpc) is 2.67. The van der Waals surface area contributed by atoms with Crippen LogP contribution in [0.2, 0.25) is 0 Å². The van der Waals surface area contributed by atoms with Gasteiger partial charge in [0, 0.05) is 22.9 Å². The van der Waals surface area contributed by atoms with E-state index in [0.717, 1.165) is 30.4 Å². The number of rotatable bonds is 3. The first-order valence-electron chi connectivity index (χ1n) is 10.6. The second-order valence-corrected chi connectivity index (χ2v) is 9.68. The van der Waals surface area contributed by atoms with Gasteiger partial charge in [-0.2, -0.15) is 0 Å². The molecular formula is C24H32O4. The van der Waals surface area contributed by atoms with Crippen molar-refractivity contribution in [2.75, 3.05) is 6.61 Å². The van der Waals surface area contributed by atoms with Crippen LogP contribution < -0.4 is 10.4 Å². The van der Waals surface area contributed by atoms with Crippen LogP contribution >= 0.6 is 0 Å². The van der Waals surface area contributed by atoms with Gasteiger partial charge in [0.25, 0.3) is 0 Å². The molecule has 6 atom stereocenters. The van der Waals surface area contributed by atoms with E-state index in [0.29, 0.717) is 29.9 Å². The Hall–Kier alpha value is -1.81. The lowest BCUT2D eigenvalue weighted by molar-refractivity contribution is -0.152. The summed E-state index contributed by atoms with van der Waals surface area (Å²) >= 11 is 0. The lowest BCUT2D eigenvalue weighted by Gasteiger charge is -2.60. The van der Waals surface area contributed by atoms with Crippen LogP contribution in [0.1, 0.15) is 53.4 Å². The molecule has 4 rings (SSSR count). The number of aliphatic hydroxyl groups excluding tert-OH is 1. The summed E-state index contributed by atoms with van der Waals surface area (Å²) < 4.78 is 11.6. The van der Waals surface area contributed by atoms with Crippen LogP contribution in [0.25, 0.3) is 11.0 Å². The molecule has 1 aromatic carbocycles. The van der Waals surface area contributed by atoms with Gasteiger partial charge in [-0.3, -0.25) is 0 Å². The number of fused-ring (bicyclic) bond motifs is 2. The van der Waals surface area contributed by atoms with Crippen molar-refractivity contribution in [2.24, 2.45) is 28.6 Å². The highest BCUT2D eigenvalue weighted by Crippen LogP contribution is 2.61. The van der Waals surface area contributed by atoms with Gasteiger partial charge < -0.3 is 14.3 Å². The summed E-state index contributed by atoms with van der Waals surface area (Å²) in [5.41, 5.74) is 0.418. The molecule has 28 heavy (non-hydrogen) atoms. The molecule has 0 bridgehead atoms. The third-order valence-corrected chi connectivity index (χ3v) is 8.35. The van der Waals surface area contributed by atoms with Gasteiger partial charge >= 0.3 is 5.63 Å². The highest BCUT2D eigenvalue weighted by molar-refractivity contribution is 5.77. The number of hydrogen-bond donors (Lipinski definition) is 1. The third-order valence-electron chi connectivity index (χ3n) is 8.35. The standard InChI is InChI=1S/C24H32O4/c1-15-11-12-23(3)16(2)19(25)8-9-21(23)24(15,4)14-27-18-7-5-17-6-10-22(26)28-20(17)13-18/h5-7,10,13,15-16,19,21,25H,8-9,11-12,14H2,1-4H3/t15-,16+,19-,21-,23-,24+/m0/s1. The Morgan fingerprint density at radius 2 is 1.89 bits per heavy atom. The SMILES string of the molecule is C[C@@H]1[C@@H](O)CC[C@@H]2[C@](C)(COc3ccc4ccc(=O)oc4c3)[C@@H](C)CC[C@]21C. The second-order valence-electron chi connectivity index (χ2n) is 9.68. The Morgan fingerprint density at radius 1 is 1.14 bits per heavy atom. The fraction of sp³-hybridized carbons (Fsp3) is 0.625. The summed E-state index contributed by atoms with van der Waals surface area (Å²) in [5.74, 6) is 2.14. The molecule has 0 unspecified atom stereocenters. The minimum absolute atomic E-state index is 0.0495. The predicted octanol–water partition coefficient (Wildman–Crippen LogP) is 5.02. The molecule has 2 aromatic rings. The molecule has 2 saturated carbocycles. The van der Waals surface area contributed by atoms with E-state index < -0.39 is 0 Å². The quantitative estimate of drug-likeness (QED) is 0.755. The van der Waals surface area contributed by atoms with Gasteiger partial charge in [-0.05, 0) is 67.1 Å². The largest absolute Gasteiger partial charge is 0.493 e. The van der Waals surface area contributed by atoms with Gasteiger partial charge in [-0.25, -0.2) is 4.79 Å². The molecule has 4 nitrogen and oxygen atoms in total. The molecule has 4 heteroatoms. The van der Waals surface area contributed by atoms with E-state index in [1.807, 2.05) is 18.2 Å². The van der Waals surface area contributed by atoms with Gasteiger partial charge in [0.2, 0.25) is 0 Å². The molecule has 0 amide bonds. The highest BCUT2D eigenvalue weighted by Gasteiger charge is 2.57. The topological polar surface area (TPSA) is 59.7 Å². The molecule has 0 aliphatic heterocycles. The second kappa shape index (κ2) is 6.91. The Bertz CT molecular complexity index is 918. The van der Waals surface area contributed by atoms with E-state index in [1.165, 1.54) is 12.5 Å². The lowest BCUT2D eigenvalue weighted by Crippen LogP contribution is -2.57. The fourth-order valence-corrected chi connectivity index (χ4v) is 5.97. The van der Waals surface area contributed by atoms with Gasteiger partial charge in [0.15, 0.2) is 0 Å². The molecule has 0 radical (unpaired) electrons. The summed E-state index contributed by atoms with van der Waals surface area (Å²) in [6.45, 7) is 9.95. The first kappa shape index (κ1) is 19.5. The summed E-state index contributed by atoms with van der Waals surface area (Å²) in [6, 6.07) is 8.91. The lowest BCUT2D eigenvalue weighted by atomic mass is 9.45. The Kier molecular flexibility index (Phi) is 4.81. The summed E-state index contributed by atoms with van der Waals surface area (Å²) in [7, 11) is 0. The van der Waals surface area contributed by atoms with Crippen molar-refractivity contribution in [2.45, 2.75) is 59.5 Å². The van der Waals surface area contributed by atoms with Gasteiger partial charge in [0.1, 0.15) is 11.3 Å². The van der Waals surface area contributed by atoms with Crippen LogP contribution in [0.15, 0.2) is 39.5 Å². The number of hydrogen-bond acceptors (Lipinski definition) is 4. The molecule has 2 aliphatic rings. The molecule has 1 aromatic heterocycles. The predicted molar refractivity (Wildman–Crippen MR) is 110 cm³/mol. The van der Waals surface area contributed by atoms with Crippen molar-refractivity contribution in [3.05, 3.63) is 40.8 Å². The minimum atomic E-state index is -0.344. The molecule has 0 saturated heterocycles. The average molecular weight is 385 g/mol. The number of ether oxygens (including phenoxy) is 1.